The Morgan fingerprint density at radius 2 is 1.84 bits per heavy atom. The molecule has 1 aliphatic rings. The minimum atomic E-state index is 0.302. The largest absolute Gasteiger partial charge is 0.378 e. The zero-order chi connectivity index (χ0) is 26.9. The maximum absolute atomic E-state index is 12.1. The van der Waals surface area contributed by atoms with E-state index in [9.17, 15) is 4.79 Å². The van der Waals surface area contributed by atoms with Crippen LogP contribution in [0.15, 0.2) is 54.7 Å². The zero-order valence-electron chi connectivity index (χ0n) is 23.3. The summed E-state index contributed by atoms with van der Waals surface area (Å²) in [4.78, 5) is 14.5. The van der Waals surface area contributed by atoms with Gasteiger partial charge in [0.25, 0.3) is 0 Å². The molecule has 0 bridgehead atoms. The Balaban J connectivity index is 1.70. The van der Waals surface area contributed by atoms with Crippen molar-refractivity contribution in [2.75, 3.05) is 26.3 Å². The molecule has 38 heavy (non-hydrogen) atoms. The Morgan fingerprint density at radius 3 is 2.58 bits per heavy atom. The SMILES string of the molecule is CCC/C=C(/C=C(/N1CCOCC1)n1nc(CCC(=O)CCC)cc1C)n1ccc(-c2cccc(C)c2)n1. The number of allylic oxidation sites excluding steroid dienone is 3. The number of rotatable bonds is 12. The molecule has 1 saturated heterocycles. The number of Topliss-reactive ketones (excluding diaryl/α,β-unsaturated/α-hetero) is 1. The highest BCUT2D eigenvalue weighted by Gasteiger charge is 2.20. The van der Waals surface area contributed by atoms with Gasteiger partial charge >= 0.3 is 0 Å². The summed E-state index contributed by atoms with van der Waals surface area (Å²) in [6.07, 6.45) is 11.2. The summed E-state index contributed by atoms with van der Waals surface area (Å²) in [5.74, 6) is 1.31. The zero-order valence-corrected chi connectivity index (χ0v) is 23.3. The van der Waals surface area contributed by atoms with Crippen LogP contribution >= 0.6 is 0 Å². The molecule has 0 atom stereocenters. The third-order valence-electron chi connectivity index (χ3n) is 6.77. The van der Waals surface area contributed by atoms with Gasteiger partial charge in [-0.05, 0) is 51.3 Å². The molecule has 0 aliphatic carbocycles. The van der Waals surface area contributed by atoms with E-state index >= 15 is 0 Å². The maximum Gasteiger partial charge on any atom is 0.133 e. The average molecular weight is 516 g/mol. The first-order valence-corrected chi connectivity index (χ1v) is 13.9. The highest BCUT2D eigenvalue weighted by molar-refractivity contribution is 5.78. The van der Waals surface area contributed by atoms with Crippen LogP contribution < -0.4 is 0 Å². The van der Waals surface area contributed by atoms with Crippen molar-refractivity contribution in [1.82, 2.24) is 24.5 Å². The second-order valence-electron chi connectivity index (χ2n) is 10.0. The first-order valence-electron chi connectivity index (χ1n) is 13.9. The highest BCUT2D eigenvalue weighted by Crippen LogP contribution is 2.24. The minimum Gasteiger partial charge on any atom is -0.378 e. The van der Waals surface area contributed by atoms with E-state index in [2.05, 4.69) is 74.2 Å². The molecular weight excluding hydrogens is 474 g/mol. The van der Waals surface area contributed by atoms with Crippen LogP contribution in [0.3, 0.4) is 0 Å². The number of benzene rings is 1. The first-order chi connectivity index (χ1) is 18.5. The molecule has 4 rings (SSSR count). The summed E-state index contributed by atoms with van der Waals surface area (Å²) in [5.41, 5.74) is 6.30. The first kappa shape index (κ1) is 27.6. The number of ether oxygens (including phenoxy) is 1. The fourth-order valence-electron chi connectivity index (χ4n) is 4.71. The molecule has 3 aromatic rings. The van der Waals surface area contributed by atoms with Crippen molar-refractivity contribution in [2.24, 2.45) is 0 Å². The van der Waals surface area contributed by atoms with Gasteiger partial charge in [-0.2, -0.15) is 10.2 Å². The van der Waals surface area contributed by atoms with E-state index in [1.807, 2.05) is 22.5 Å². The number of carbonyl (C=O) groups excluding carboxylic acids is 1. The summed E-state index contributed by atoms with van der Waals surface area (Å²) in [6.45, 7) is 11.4. The molecular formula is C31H41N5O2. The quantitative estimate of drug-likeness (QED) is 0.271. The molecule has 0 amide bonds. The van der Waals surface area contributed by atoms with Gasteiger partial charge in [0, 0.05) is 49.5 Å². The van der Waals surface area contributed by atoms with Gasteiger partial charge in [0.1, 0.15) is 11.6 Å². The lowest BCUT2D eigenvalue weighted by molar-refractivity contribution is -0.119. The molecule has 3 heterocycles. The fraction of sp³-hybridized carbons (Fsp3) is 0.452. The molecule has 1 aromatic carbocycles. The topological polar surface area (TPSA) is 65.2 Å². The number of aryl methyl sites for hydroxylation is 3. The smallest absolute Gasteiger partial charge is 0.133 e. The van der Waals surface area contributed by atoms with Crippen molar-refractivity contribution in [3.8, 4) is 11.3 Å². The van der Waals surface area contributed by atoms with Gasteiger partial charge in [-0.15, -0.1) is 0 Å². The lowest BCUT2D eigenvalue weighted by Gasteiger charge is -2.31. The van der Waals surface area contributed by atoms with Crippen LogP contribution in [0.5, 0.6) is 0 Å². The Morgan fingerprint density at radius 1 is 1.03 bits per heavy atom. The molecule has 202 valence electrons. The second-order valence-corrected chi connectivity index (χ2v) is 10.0. The summed E-state index contributed by atoms with van der Waals surface area (Å²) in [5, 5.41) is 9.92. The molecule has 0 unspecified atom stereocenters. The molecule has 1 fully saturated rings. The van der Waals surface area contributed by atoms with Crippen LogP contribution in [0.4, 0.5) is 0 Å². The van der Waals surface area contributed by atoms with Crippen LogP contribution in [-0.4, -0.2) is 56.5 Å². The number of hydrogen-bond donors (Lipinski definition) is 0. The Labute approximate surface area is 226 Å². The fourth-order valence-corrected chi connectivity index (χ4v) is 4.71. The molecule has 0 spiro atoms. The normalized spacial score (nSPS) is 14.8. The monoisotopic (exact) mass is 515 g/mol. The van der Waals surface area contributed by atoms with Crippen LogP contribution in [0.25, 0.3) is 22.8 Å². The van der Waals surface area contributed by atoms with Gasteiger partial charge in [0.05, 0.1) is 30.3 Å². The van der Waals surface area contributed by atoms with E-state index in [1.165, 1.54) is 5.56 Å². The number of aromatic nitrogens is 4. The van der Waals surface area contributed by atoms with Crippen molar-refractivity contribution >= 4 is 17.3 Å². The van der Waals surface area contributed by atoms with Crippen molar-refractivity contribution < 1.29 is 9.53 Å². The summed E-state index contributed by atoms with van der Waals surface area (Å²) in [7, 11) is 0. The predicted octanol–water partition coefficient (Wildman–Crippen LogP) is 6.14. The lowest BCUT2D eigenvalue weighted by atomic mass is 10.1. The van der Waals surface area contributed by atoms with Crippen molar-refractivity contribution in [1.29, 1.82) is 0 Å². The molecule has 2 aromatic heterocycles. The van der Waals surface area contributed by atoms with Gasteiger partial charge in [-0.1, -0.05) is 50.1 Å². The summed E-state index contributed by atoms with van der Waals surface area (Å²) < 4.78 is 9.65. The van der Waals surface area contributed by atoms with Gasteiger partial charge in [-0.25, -0.2) is 9.36 Å². The van der Waals surface area contributed by atoms with E-state index in [0.717, 1.165) is 66.5 Å². The number of unbranched alkanes of at least 4 members (excludes halogenated alkanes) is 1. The Hall–Kier alpha value is -3.45. The van der Waals surface area contributed by atoms with Gasteiger partial charge < -0.3 is 9.64 Å². The average Bonchev–Trinajstić information content (AvgIpc) is 3.56. The van der Waals surface area contributed by atoms with Crippen molar-refractivity contribution in [3.05, 3.63) is 71.7 Å². The van der Waals surface area contributed by atoms with Gasteiger partial charge in [0.15, 0.2) is 0 Å². The summed E-state index contributed by atoms with van der Waals surface area (Å²) >= 11 is 0. The third kappa shape index (κ3) is 7.10. The molecule has 0 radical (unpaired) electrons. The van der Waals surface area contributed by atoms with E-state index < -0.39 is 0 Å². The van der Waals surface area contributed by atoms with E-state index in [1.54, 1.807) is 0 Å². The van der Waals surface area contributed by atoms with Crippen molar-refractivity contribution in [2.45, 2.75) is 66.2 Å². The van der Waals surface area contributed by atoms with E-state index in [4.69, 9.17) is 14.9 Å². The number of nitrogens with zero attached hydrogens (tertiary/aromatic N) is 5. The maximum atomic E-state index is 12.1. The molecule has 7 heteroatoms. The number of carbonyl (C=O) groups is 1. The second kappa shape index (κ2) is 13.4. The third-order valence-corrected chi connectivity index (χ3v) is 6.77. The number of hydrogen-bond acceptors (Lipinski definition) is 5. The molecule has 0 N–H and O–H groups in total. The predicted molar refractivity (Wildman–Crippen MR) is 153 cm³/mol. The van der Waals surface area contributed by atoms with Crippen LogP contribution in [-0.2, 0) is 16.0 Å². The van der Waals surface area contributed by atoms with Crippen LogP contribution in [0.1, 0.15) is 62.9 Å². The van der Waals surface area contributed by atoms with Crippen LogP contribution in [0, 0.1) is 13.8 Å². The molecule has 7 nitrogen and oxygen atoms in total. The van der Waals surface area contributed by atoms with Gasteiger partial charge in [-0.3, -0.25) is 4.79 Å². The standard InChI is InChI=1S/C31H41N5O2/c1-5-7-12-28(35-16-15-30(33-35)26-11-8-10-24(3)21-26)23-31(34-17-19-38-20-18-34)36-25(4)22-27(32-36)13-14-29(37)9-6-2/h8,10-12,15-16,21-23H,5-7,9,13-14,17-20H2,1-4H3/b28-12-,31-23-. The molecule has 0 saturated carbocycles. The van der Waals surface area contributed by atoms with E-state index in [0.29, 0.717) is 38.3 Å². The number of ketones is 1. The minimum absolute atomic E-state index is 0.302. The lowest BCUT2D eigenvalue weighted by Crippen LogP contribution is -2.37. The van der Waals surface area contributed by atoms with Gasteiger partial charge in [0.2, 0.25) is 0 Å². The highest BCUT2D eigenvalue weighted by atomic mass is 16.5. The summed E-state index contributed by atoms with van der Waals surface area (Å²) in [6, 6.07) is 12.6. The van der Waals surface area contributed by atoms with Crippen molar-refractivity contribution in [3.63, 3.8) is 0 Å². The van der Waals surface area contributed by atoms with E-state index in [-0.39, 0.29) is 0 Å². The number of morpholine rings is 1. The Kier molecular flexibility index (Phi) is 9.71. The molecule has 1 aliphatic heterocycles. The van der Waals surface area contributed by atoms with Crippen LogP contribution in [0.2, 0.25) is 0 Å². The Bertz CT molecular complexity index is 1280.